The van der Waals surface area contributed by atoms with Crippen LogP contribution in [-0.2, 0) is 29.3 Å². The predicted octanol–water partition coefficient (Wildman–Crippen LogP) is 4.98. The van der Waals surface area contributed by atoms with Crippen LogP contribution in [0, 0.1) is 0 Å². The van der Waals surface area contributed by atoms with Gasteiger partial charge in [-0.15, -0.1) is 0 Å². The van der Waals surface area contributed by atoms with Gasteiger partial charge in [0, 0.05) is 0 Å². The quantitative estimate of drug-likeness (QED) is 0.198. The van der Waals surface area contributed by atoms with Crippen LogP contribution >= 0.6 is 0 Å². The van der Waals surface area contributed by atoms with Gasteiger partial charge < -0.3 is 18.9 Å². The van der Waals surface area contributed by atoms with Gasteiger partial charge in [0.05, 0.1) is 46.1 Å². The van der Waals surface area contributed by atoms with Crippen molar-refractivity contribution in [1.29, 1.82) is 0 Å². The van der Waals surface area contributed by atoms with E-state index in [9.17, 15) is 4.79 Å². The average molecular weight is 449 g/mol. The van der Waals surface area contributed by atoms with Crippen molar-refractivity contribution in [3.8, 4) is 0 Å². The first-order valence-electron chi connectivity index (χ1n) is 11.4. The molecule has 0 radical (unpaired) electrons. The van der Waals surface area contributed by atoms with Gasteiger partial charge in [-0.25, -0.2) is 0 Å². The standard InChI is InChI=1S/C28H32O5/c1-2-32-27(29)18-19-30-20-21-31-22-23-33-28(24-12-6-3-7-13-24,25-14-8-4-9-15-25)26-16-10-5-11-17-26/h3-17H,2,18-23H2,1H3. The zero-order valence-electron chi connectivity index (χ0n) is 19.2. The molecule has 0 aromatic heterocycles. The molecule has 0 aliphatic rings. The molecule has 0 N–H and O–H groups in total. The summed E-state index contributed by atoms with van der Waals surface area (Å²) in [7, 11) is 0. The summed E-state index contributed by atoms with van der Waals surface area (Å²) in [4.78, 5) is 11.3. The number of carbonyl (C=O) groups excluding carboxylic acids is 1. The Morgan fingerprint density at radius 2 is 1.06 bits per heavy atom. The highest BCUT2D eigenvalue weighted by Gasteiger charge is 2.37. The first-order valence-corrected chi connectivity index (χ1v) is 11.4. The molecule has 3 rings (SSSR count). The summed E-state index contributed by atoms with van der Waals surface area (Å²) in [5.74, 6) is -0.245. The Bertz CT molecular complexity index is 832. The van der Waals surface area contributed by atoms with Crippen LogP contribution < -0.4 is 0 Å². The maximum absolute atomic E-state index is 11.3. The maximum atomic E-state index is 11.3. The lowest BCUT2D eigenvalue weighted by Crippen LogP contribution is -2.34. The summed E-state index contributed by atoms with van der Waals surface area (Å²) >= 11 is 0. The summed E-state index contributed by atoms with van der Waals surface area (Å²) in [5.41, 5.74) is 2.43. The zero-order valence-corrected chi connectivity index (χ0v) is 19.2. The molecule has 174 valence electrons. The topological polar surface area (TPSA) is 54.0 Å². The summed E-state index contributed by atoms with van der Waals surface area (Å²) in [5, 5.41) is 0. The van der Waals surface area contributed by atoms with E-state index in [0.717, 1.165) is 16.7 Å². The fourth-order valence-corrected chi connectivity index (χ4v) is 3.73. The lowest BCUT2D eigenvalue weighted by molar-refractivity contribution is -0.144. The second-order valence-electron chi connectivity index (χ2n) is 7.41. The van der Waals surface area contributed by atoms with E-state index in [1.54, 1.807) is 6.92 Å². The lowest BCUT2D eigenvalue weighted by Gasteiger charge is -2.36. The van der Waals surface area contributed by atoms with E-state index in [-0.39, 0.29) is 12.4 Å². The third kappa shape index (κ3) is 6.99. The first kappa shape index (κ1) is 24.6. The Morgan fingerprint density at radius 1 is 0.636 bits per heavy atom. The molecule has 3 aromatic rings. The molecule has 0 saturated heterocycles. The Hall–Kier alpha value is -2.99. The van der Waals surface area contributed by atoms with Crippen molar-refractivity contribution in [2.45, 2.75) is 18.9 Å². The van der Waals surface area contributed by atoms with Gasteiger partial charge in [-0.05, 0) is 23.6 Å². The van der Waals surface area contributed by atoms with Gasteiger partial charge in [-0.1, -0.05) is 91.0 Å². The molecular formula is C28H32O5. The van der Waals surface area contributed by atoms with Crippen molar-refractivity contribution >= 4 is 5.97 Å². The number of hydrogen-bond acceptors (Lipinski definition) is 5. The number of ether oxygens (including phenoxy) is 4. The molecule has 0 amide bonds. The van der Waals surface area contributed by atoms with Gasteiger partial charge in [0.15, 0.2) is 0 Å². The van der Waals surface area contributed by atoms with Crippen molar-refractivity contribution in [3.63, 3.8) is 0 Å². The molecule has 0 unspecified atom stereocenters. The Kier molecular flexibility index (Phi) is 10.1. The van der Waals surface area contributed by atoms with Gasteiger partial charge >= 0.3 is 5.97 Å². The molecule has 0 bridgehead atoms. The SMILES string of the molecule is CCOC(=O)CCOCCOCCOC(c1ccccc1)(c1ccccc1)c1ccccc1. The number of benzene rings is 3. The summed E-state index contributed by atoms with van der Waals surface area (Å²) in [6, 6.07) is 30.8. The maximum Gasteiger partial charge on any atom is 0.308 e. The van der Waals surface area contributed by atoms with Crippen LogP contribution in [0.1, 0.15) is 30.0 Å². The van der Waals surface area contributed by atoms with Crippen molar-refractivity contribution in [3.05, 3.63) is 108 Å². The van der Waals surface area contributed by atoms with Gasteiger partial charge in [-0.3, -0.25) is 4.79 Å². The second kappa shape index (κ2) is 13.5. The van der Waals surface area contributed by atoms with Crippen LogP contribution in [0.4, 0.5) is 0 Å². The van der Waals surface area contributed by atoms with Gasteiger partial charge in [0.1, 0.15) is 5.60 Å². The fraction of sp³-hybridized carbons (Fsp3) is 0.321. The van der Waals surface area contributed by atoms with E-state index in [1.165, 1.54) is 0 Å². The average Bonchev–Trinajstić information content (AvgIpc) is 2.87. The third-order valence-electron chi connectivity index (χ3n) is 5.22. The van der Waals surface area contributed by atoms with E-state index in [0.29, 0.717) is 39.6 Å². The number of esters is 1. The highest BCUT2D eigenvalue weighted by molar-refractivity contribution is 5.69. The van der Waals surface area contributed by atoms with Crippen molar-refractivity contribution < 1.29 is 23.7 Å². The van der Waals surface area contributed by atoms with Gasteiger partial charge in [0.25, 0.3) is 0 Å². The molecule has 0 spiro atoms. The number of hydrogen-bond donors (Lipinski definition) is 0. The molecule has 0 fully saturated rings. The van der Waals surface area contributed by atoms with Crippen LogP contribution in [0.2, 0.25) is 0 Å². The van der Waals surface area contributed by atoms with Crippen LogP contribution in [0.3, 0.4) is 0 Å². The minimum atomic E-state index is -0.747. The van der Waals surface area contributed by atoms with E-state index in [1.807, 2.05) is 54.6 Å². The molecule has 0 heterocycles. The van der Waals surface area contributed by atoms with E-state index in [2.05, 4.69) is 36.4 Å². The molecule has 3 aromatic carbocycles. The summed E-state index contributed by atoms with van der Waals surface area (Å²) in [6.45, 7) is 4.19. The lowest BCUT2D eigenvalue weighted by atomic mass is 9.80. The largest absolute Gasteiger partial charge is 0.466 e. The molecule has 5 heteroatoms. The van der Waals surface area contributed by atoms with Crippen LogP contribution in [0.25, 0.3) is 0 Å². The Labute approximate surface area is 196 Å². The van der Waals surface area contributed by atoms with E-state index < -0.39 is 5.60 Å². The minimum absolute atomic E-state index is 0.245. The third-order valence-corrected chi connectivity index (χ3v) is 5.22. The van der Waals surface area contributed by atoms with Crippen molar-refractivity contribution in [1.82, 2.24) is 0 Å². The zero-order chi connectivity index (χ0) is 23.2. The van der Waals surface area contributed by atoms with Crippen LogP contribution in [0.5, 0.6) is 0 Å². The number of carbonyl (C=O) groups is 1. The molecule has 33 heavy (non-hydrogen) atoms. The number of rotatable bonds is 14. The van der Waals surface area contributed by atoms with Crippen LogP contribution in [0.15, 0.2) is 91.0 Å². The smallest absolute Gasteiger partial charge is 0.308 e. The molecule has 0 saturated carbocycles. The molecule has 5 nitrogen and oxygen atoms in total. The Morgan fingerprint density at radius 3 is 1.52 bits per heavy atom. The highest BCUT2D eigenvalue weighted by atomic mass is 16.6. The second-order valence-corrected chi connectivity index (χ2v) is 7.41. The van der Waals surface area contributed by atoms with Crippen molar-refractivity contribution in [2.75, 3.05) is 39.6 Å². The summed E-state index contributed by atoms with van der Waals surface area (Å²) in [6.07, 6.45) is 0.255. The predicted molar refractivity (Wildman–Crippen MR) is 128 cm³/mol. The van der Waals surface area contributed by atoms with Gasteiger partial charge in [-0.2, -0.15) is 0 Å². The van der Waals surface area contributed by atoms with E-state index in [4.69, 9.17) is 18.9 Å². The monoisotopic (exact) mass is 448 g/mol. The highest BCUT2D eigenvalue weighted by Crippen LogP contribution is 2.40. The summed E-state index contributed by atoms with van der Waals surface area (Å²) < 4.78 is 22.7. The van der Waals surface area contributed by atoms with Crippen LogP contribution in [-0.4, -0.2) is 45.6 Å². The normalized spacial score (nSPS) is 11.3. The van der Waals surface area contributed by atoms with E-state index >= 15 is 0 Å². The Balaban J connectivity index is 1.63. The minimum Gasteiger partial charge on any atom is -0.466 e. The molecular weight excluding hydrogens is 416 g/mol. The first-order chi connectivity index (χ1) is 16.3. The van der Waals surface area contributed by atoms with Gasteiger partial charge in [0.2, 0.25) is 0 Å². The molecule has 0 aliphatic carbocycles. The molecule has 0 atom stereocenters. The van der Waals surface area contributed by atoms with Crippen molar-refractivity contribution in [2.24, 2.45) is 0 Å². The molecule has 0 aliphatic heterocycles. The fourth-order valence-electron chi connectivity index (χ4n) is 3.73.